The Morgan fingerprint density at radius 2 is 1.92 bits per heavy atom. The average molecular weight is 366 g/mol. The van der Waals surface area contributed by atoms with E-state index < -0.39 is 10.0 Å². The van der Waals surface area contributed by atoms with Gasteiger partial charge in [-0.1, -0.05) is 11.6 Å². The minimum Gasteiger partial charge on any atom is -0.468 e. The maximum atomic E-state index is 12.6. The van der Waals surface area contributed by atoms with Gasteiger partial charge in [0, 0.05) is 5.02 Å². The van der Waals surface area contributed by atoms with Crippen LogP contribution in [0.15, 0.2) is 52.0 Å². The summed E-state index contributed by atoms with van der Waals surface area (Å²) < 4.78 is 34.6. The van der Waals surface area contributed by atoms with Crippen LogP contribution < -0.4 is 4.72 Å². The summed E-state index contributed by atoms with van der Waals surface area (Å²) in [5.41, 5.74) is 1.70. The minimum absolute atomic E-state index is 0.0837. The number of hydrogen-bond acceptors (Lipinski definition) is 4. The molecule has 24 heavy (non-hydrogen) atoms. The Kier molecular flexibility index (Phi) is 4.49. The van der Waals surface area contributed by atoms with Crippen LogP contribution in [0.1, 0.15) is 17.1 Å². The molecule has 0 aliphatic heterocycles. The van der Waals surface area contributed by atoms with Crippen molar-refractivity contribution >= 4 is 21.6 Å². The Balaban J connectivity index is 1.94. The van der Waals surface area contributed by atoms with Crippen molar-refractivity contribution in [1.29, 1.82) is 0 Å². The quantitative estimate of drug-likeness (QED) is 0.753. The van der Waals surface area contributed by atoms with Crippen molar-refractivity contribution in [3.63, 3.8) is 0 Å². The van der Waals surface area contributed by atoms with Gasteiger partial charge in [0.05, 0.1) is 29.9 Å². The standard InChI is InChI=1S/C16H16ClN3O3S/c1-11-16(24(21,22)18-10-15-4-3-9-23-15)12(2)20(19-11)14-7-5-13(17)6-8-14/h3-9,18H,10H2,1-2H3. The molecule has 8 heteroatoms. The van der Waals surface area contributed by atoms with Crippen molar-refractivity contribution in [2.24, 2.45) is 0 Å². The first-order chi connectivity index (χ1) is 11.4. The maximum absolute atomic E-state index is 12.6. The van der Waals surface area contributed by atoms with E-state index in [1.165, 1.54) is 6.26 Å². The Morgan fingerprint density at radius 1 is 1.21 bits per heavy atom. The van der Waals surface area contributed by atoms with Crippen LogP contribution >= 0.6 is 11.6 Å². The number of sulfonamides is 1. The van der Waals surface area contributed by atoms with Gasteiger partial charge >= 0.3 is 0 Å². The van der Waals surface area contributed by atoms with E-state index in [0.717, 1.165) is 5.69 Å². The van der Waals surface area contributed by atoms with Gasteiger partial charge in [-0.2, -0.15) is 5.10 Å². The van der Waals surface area contributed by atoms with Crippen LogP contribution in [0.4, 0.5) is 0 Å². The monoisotopic (exact) mass is 365 g/mol. The van der Waals surface area contributed by atoms with Gasteiger partial charge in [-0.3, -0.25) is 0 Å². The number of aryl methyl sites for hydroxylation is 1. The second-order valence-electron chi connectivity index (χ2n) is 5.29. The number of hydrogen-bond donors (Lipinski definition) is 1. The van der Waals surface area contributed by atoms with Gasteiger partial charge < -0.3 is 4.42 Å². The van der Waals surface area contributed by atoms with Crippen molar-refractivity contribution in [1.82, 2.24) is 14.5 Å². The van der Waals surface area contributed by atoms with Gasteiger partial charge in [0.25, 0.3) is 0 Å². The van der Waals surface area contributed by atoms with Gasteiger partial charge in [-0.05, 0) is 50.2 Å². The zero-order chi connectivity index (χ0) is 17.3. The number of halogens is 1. The van der Waals surface area contributed by atoms with E-state index in [0.29, 0.717) is 22.2 Å². The SMILES string of the molecule is Cc1nn(-c2ccc(Cl)cc2)c(C)c1S(=O)(=O)NCc1ccco1. The fraction of sp³-hybridized carbons (Fsp3) is 0.188. The summed E-state index contributed by atoms with van der Waals surface area (Å²) in [6.45, 7) is 3.47. The third-order valence-corrected chi connectivity index (χ3v) is 5.49. The normalized spacial score (nSPS) is 11.8. The Bertz CT molecular complexity index is 945. The molecule has 0 fully saturated rings. The number of rotatable bonds is 5. The number of aromatic nitrogens is 2. The molecule has 0 radical (unpaired) electrons. The number of nitrogens with zero attached hydrogens (tertiary/aromatic N) is 2. The van der Waals surface area contributed by atoms with Crippen molar-refractivity contribution in [3.8, 4) is 5.69 Å². The number of benzene rings is 1. The molecule has 0 aliphatic carbocycles. The van der Waals surface area contributed by atoms with Crippen LogP contribution in [0.3, 0.4) is 0 Å². The highest BCUT2D eigenvalue weighted by atomic mass is 35.5. The van der Waals surface area contributed by atoms with Crippen LogP contribution in [-0.4, -0.2) is 18.2 Å². The van der Waals surface area contributed by atoms with Crippen LogP contribution in [0.5, 0.6) is 0 Å². The van der Waals surface area contributed by atoms with Crippen molar-refractivity contribution in [3.05, 3.63) is 64.8 Å². The molecule has 3 rings (SSSR count). The topological polar surface area (TPSA) is 77.1 Å². The summed E-state index contributed by atoms with van der Waals surface area (Å²) in [5.74, 6) is 0.541. The molecular formula is C16H16ClN3O3S. The Hall–Kier alpha value is -2.09. The van der Waals surface area contributed by atoms with E-state index in [-0.39, 0.29) is 11.4 Å². The number of nitrogens with one attached hydrogen (secondary N) is 1. The summed E-state index contributed by atoms with van der Waals surface area (Å²) in [4.78, 5) is 0.170. The largest absolute Gasteiger partial charge is 0.468 e. The predicted octanol–water partition coefficient (Wildman–Crippen LogP) is 3.21. The minimum atomic E-state index is -3.71. The van der Waals surface area contributed by atoms with Gasteiger partial charge in [-0.15, -0.1) is 0 Å². The van der Waals surface area contributed by atoms with Crippen molar-refractivity contribution in [2.45, 2.75) is 25.3 Å². The summed E-state index contributed by atoms with van der Waals surface area (Å²) in [5, 5.41) is 4.96. The number of furan rings is 1. The fourth-order valence-corrected chi connectivity index (χ4v) is 4.01. The van der Waals surface area contributed by atoms with E-state index in [9.17, 15) is 8.42 Å². The van der Waals surface area contributed by atoms with Crippen LogP contribution in [-0.2, 0) is 16.6 Å². The first-order valence-corrected chi connectivity index (χ1v) is 9.09. The summed E-state index contributed by atoms with van der Waals surface area (Å²) in [6, 6.07) is 10.5. The summed E-state index contributed by atoms with van der Waals surface area (Å²) in [7, 11) is -3.71. The molecule has 0 spiro atoms. The zero-order valence-corrected chi connectivity index (χ0v) is 14.7. The smallest absolute Gasteiger partial charge is 0.244 e. The van der Waals surface area contributed by atoms with E-state index in [2.05, 4.69) is 9.82 Å². The molecule has 0 saturated carbocycles. The van der Waals surface area contributed by atoms with Crippen LogP contribution in [0.2, 0.25) is 5.02 Å². The second-order valence-corrected chi connectivity index (χ2v) is 7.43. The molecule has 0 atom stereocenters. The molecule has 0 amide bonds. The molecule has 0 aliphatic rings. The van der Waals surface area contributed by atoms with Crippen LogP contribution in [0.25, 0.3) is 5.69 Å². The lowest BCUT2D eigenvalue weighted by atomic mass is 10.3. The first kappa shape index (κ1) is 16.8. The lowest BCUT2D eigenvalue weighted by Crippen LogP contribution is -2.24. The third kappa shape index (κ3) is 3.24. The first-order valence-electron chi connectivity index (χ1n) is 7.23. The zero-order valence-electron chi connectivity index (χ0n) is 13.2. The van der Waals surface area contributed by atoms with E-state index in [1.807, 2.05) is 0 Å². The summed E-state index contributed by atoms with van der Waals surface area (Å²) in [6.07, 6.45) is 1.50. The highest BCUT2D eigenvalue weighted by molar-refractivity contribution is 7.89. The average Bonchev–Trinajstić information content (AvgIpc) is 3.14. The highest BCUT2D eigenvalue weighted by Gasteiger charge is 2.25. The molecule has 2 heterocycles. The van der Waals surface area contributed by atoms with Gasteiger partial charge in [0.2, 0.25) is 10.0 Å². The second kappa shape index (κ2) is 6.43. The third-order valence-electron chi connectivity index (χ3n) is 3.58. The van der Waals surface area contributed by atoms with Crippen molar-refractivity contribution in [2.75, 3.05) is 0 Å². The maximum Gasteiger partial charge on any atom is 0.244 e. The molecule has 0 unspecified atom stereocenters. The fourth-order valence-electron chi connectivity index (χ4n) is 2.50. The van der Waals surface area contributed by atoms with Gasteiger partial charge in [-0.25, -0.2) is 17.8 Å². The molecule has 3 aromatic rings. The van der Waals surface area contributed by atoms with Gasteiger partial charge in [0.1, 0.15) is 10.7 Å². The van der Waals surface area contributed by atoms with Gasteiger partial charge in [0.15, 0.2) is 0 Å². The molecular weight excluding hydrogens is 350 g/mol. The van der Waals surface area contributed by atoms with E-state index in [4.69, 9.17) is 16.0 Å². The molecule has 2 aromatic heterocycles. The van der Waals surface area contributed by atoms with Crippen LogP contribution in [0, 0.1) is 13.8 Å². The Morgan fingerprint density at radius 3 is 2.54 bits per heavy atom. The highest BCUT2D eigenvalue weighted by Crippen LogP contribution is 2.23. The molecule has 6 nitrogen and oxygen atoms in total. The lowest BCUT2D eigenvalue weighted by Gasteiger charge is -2.07. The Labute approximate surface area is 145 Å². The van der Waals surface area contributed by atoms with E-state index in [1.54, 1.807) is 54.9 Å². The lowest BCUT2D eigenvalue weighted by molar-refractivity contribution is 0.498. The predicted molar refractivity (Wildman–Crippen MR) is 90.8 cm³/mol. The molecule has 0 saturated heterocycles. The van der Waals surface area contributed by atoms with Crippen molar-refractivity contribution < 1.29 is 12.8 Å². The summed E-state index contributed by atoms with van der Waals surface area (Å²) >= 11 is 5.89. The molecule has 126 valence electrons. The van der Waals surface area contributed by atoms with E-state index >= 15 is 0 Å². The molecule has 1 aromatic carbocycles. The molecule has 0 bridgehead atoms. The molecule has 1 N–H and O–H groups in total.